The number of ether oxygens (including phenoxy) is 1. The van der Waals surface area contributed by atoms with Gasteiger partial charge in [-0.25, -0.2) is 0 Å². The molecule has 0 spiro atoms. The molecule has 1 aromatic rings. The van der Waals surface area contributed by atoms with Gasteiger partial charge in [0.15, 0.2) is 11.5 Å². The Morgan fingerprint density at radius 1 is 1.29 bits per heavy atom. The highest BCUT2D eigenvalue weighted by Crippen LogP contribution is 2.34. The van der Waals surface area contributed by atoms with Gasteiger partial charge in [0, 0.05) is 12.0 Å². The van der Waals surface area contributed by atoms with Crippen molar-refractivity contribution in [1.82, 2.24) is 0 Å². The van der Waals surface area contributed by atoms with Gasteiger partial charge in [0.2, 0.25) is 0 Å². The number of hydrogen-bond acceptors (Lipinski definition) is 2. The van der Waals surface area contributed by atoms with E-state index in [1.54, 1.807) is 12.1 Å². The van der Waals surface area contributed by atoms with Crippen LogP contribution in [0, 0.1) is 5.92 Å². The molecule has 0 aromatic heterocycles. The monoisotopic (exact) mass is 274 g/mol. The van der Waals surface area contributed by atoms with Gasteiger partial charge in [-0.15, -0.1) is 0 Å². The summed E-state index contributed by atoms with van der Waals surface area (Å²) >= 11 is 12.0. The molecular weight excluding hydrogens is 259 g/mol. The highest BCUT2D eigenvalue weighted by molar-refractivity contribution is 6.37. The largest absolute Gasteiger partial charge is 0.494 e. The van der Waals surface area contributed by atoms with Gasteiger partial charge >= 0.3 is 0 Å². The average Bonchev–Trinajstić information content (AvgIpc) is 2.25. The summed E-state index contributed by atoms with van der Waals surface area (Å²) in [5, 5.41) is 0.737. The second-order valence-corrected chi connectivity index (χ2v) is 5.14. The summed E-state index contributed by atoms with van der Waals surface area (Å²) in [6, 6.07) is 3.21. The lowest BCUT2D eigenvalue weighted by atomic mass is 10.0. The van der Waals surface area contributed by atoms with E-state index >= 15 is 0 Å². The average molecular weight is 275 g/mol. The van der Waals surface area contributed by atoms with E-state index in [4.69, 9.17) is 27.9 Å². The summed E-state index contributed by atoms with van der Waals surface area (Å²) in [7, 11) is 1.49. The quantitative estimate of drug-likeness (QED) is 0.733. The maximum atomic E-state index is 11.9. The topological polar surface area (TPSA) is 26.3 Å². The summed E-state index contributed by atoms with van der Waals surface area (Å²) in [5.74, 6) is 0.974. The molecule has 1 rings (SSSR count). The van der Waals surface area contributed by atoms with Crippen LogP contribution < -0.4 is 4.74 Å². The third-order valence-corrected chi connectivity index (χ3v) is 3.03. The van der Waals surface area contributed by atoms with Crippen LogP contribution in [0.1, 0.15) is 37.0 Å². The molecule has 4 heteroatoms. The fourth-order valence-electron chi connectivity index (χ4n) is 1.48. The molecule has 0 fully saturated rings. The Labute approximate surface area is 112 Å². The van der Waals surface area contributed by atoms with Crippen molar-refractivity contribution in [3.05, 3.63) is 27.7 Å². The number of methoxy groups -OCH3 is 1. The maximum Gasteiger partial charge on any atom is 0.162 e. The van der Waals surface area contributed by atoms with Crippen molar-refractivity contribution in [2.45, 2.75) is 26.7 Å². The number of ketones is 1. The van der Waals surface area contributed by atoms with E-state index in [1.807, 2.05) is 0 Å². The molecule has 1 aromatic carbocycles. The van der Waals surface area contributed by atoms with Gasteiger partial charge in [0.05, 0.1) is 17.2 Å². The van der Waals surface area contributed by atoms with E-state index in [0.717, 1.165) is 6.42 Å². The molecule has 17 heavy (non-hydrogen) atoms. The van der Waals surface area contributed by atoms with E-state index in [2.05, 4.69) is 13.8 Å². The number of hydrogen-bond donors (Lipinski definition) is 0. The molecular formula is C13H16Cl2O2. The molecule has 0 amide bonds. The standard InChI is InChI=1S/C13H16Cl2O2/c1-8(2)4-5-12(16)9-6-10(14)13(17-3)11(15)7-9/h6-8H,4-5H2,1-3H3. The summed E-state index contributed by atoms with van der Waals surface area (Å²) in [6.07, 6.45) is 1.37. The smallest absolute Gasteiger partial charge is 0.162 e. The first kappa shape index (κ1) is 14.3. The van der Waals surface area contributed by atoms with E-state index in [1.165, 1.54) is 7.11 Å². The van der Waals surface area contributed by atoms with Gasteiger partial charge in [0.25, 0.3) is 0 Å². The Balaban J connectivity index is 2.89. The van der Waals surface area contributed by atoms with Gasteiger partial charge in [-0.3, -0.25) is 4.79 Å². The lowest BCUT2D eigenvalue weighted by molar-refractivity contribution is 0.0975. The minimum Gasteiger partial charge on any atom is -0.494 e. The van der Waals surface area contributed by atoms with Crippen molar-refractivity contribution in [1.29, 1.82) is 0 Å². The van der Waals surface area contributed by atoms with Crippen LogP contribution in [-0.4, -0.2) is 12.9 Å². The molecule has 2 nitrogen and oxygen atoms in total. The molecule has 0 saturated carbocycles. The minimum absolute atomic E-state index is 0.0603. The van der Waals surface area contributed by atoms with Crippen LogP contribution in [0.25, 0.3) is 0 Å². The third kappa shape index (κ3) is 3.90. The van der Waals surface area contributed by atoms with Gasteiger partial charge in [0.1, 0.15) is 0 Å². The maximum absolute atomic E-state index is 11.9. The first-order valence-electron chi connectivity index (χ1n) is 5.52. The van der Waals surface area contributed by atoms with Crippen molar-refractivity contribution in [2.75, 3.05) is 7.11 Å². The predicted octanol–water partition coefficient (Wildman–Crippen LogP) is 4.62. The first-order valence-corrected chi connectivity index (χ1v) is 6.27. The van der Waals surface area contributed by atoms with Crippen LogP contribution >= 0.6 is 23.2 Å². The summed E-state index contributed by atoms with van der Waals surface area (Å²) < 4.78 is 5.03. The Bertz CT molecular complexity index is 391. The molecule has 94 valence electrons. The van der Waals surface area contributed by atoms with Gasteiger partial charge in [-0.2, -0.15) is 0 Å². The molecule has 0 heterocycles. The molecule has 0 aliphatic heterocycles. The lowest BCUT2D eigenvalue weighted by Gasteiger charge is -2.09. The molecule has 0 N–H and O–H groups in total. The Morgan fingerprint density at radius 3 is 2.24 bits per heavy atom. The normalized spacial score (nSPS) is 10.7. The summed E-state index contributed by atoms with van der Waals surface area (Å²) in [6.45, 7) is 4.17. The fraction of sp³-hybridized carbons (Fsp3) is 0.462. The molecule has 0 saturated heterocycles. The van der Waals surface area contributed by atoms with E-state index in [9.17, 15) is 4.79 Å². The second kappa shape index (κ2) is 6.27. The van der Waals surface area contributed by atoms with E-state index in [-0.39, 0.29) is 5.78 Å². The highest BCUT2D eigenvalue weighted by atomic mass is 35.5. The van der Waals surface area contributed by atoms with Crippen molar-refractivity contribution < 1.29 is 9.53 Å². The number of rotatable bonds is 5. The van der Waals surface area contributed by atoms with Crippen LogP contribution in [0.15, 0.2) is 12.1 Å². The number of carbonyl (C=O) groups excluding carboxylic acids is 1. The summed E-state index contributed by atoms with van der Waals surface area (Å²) in [5.41, 5.74) is 0.543. The molecule has 0 aliphatic carbocycles. The van der Waals surface area contributed by atoms with Crippen molar-refractivity contribution in [3.8, 4) is 5.75 Å². The zero-order valence-corrected chi connectivity index (χ0v) is 11.7. The number of halogens is 2. The van der Waals surface area contributed by atoms with Crippen molar-refractivity contribution >= 4 is 29.0 Å². The van der Waals surface area contributed by atoms with Gasteiger partial charge in [-0.1, -0.05) is 37.0 Å². The molecule has 0 aliphatic rings. The Kier molecular flexibility index (Phi) is 5.29. The Morgan fingerprint density at radius 2 is 1.82 bits per heavy atom. The van der Waals surface area contributed by atoms with Crippen LogP contribution in [0.4, 0.5) is 0 Å². The van der Waals surface area contributed by atoms with Crippen molar-refractivity contribution in [2.24, 2.45) is 5.92 Å². The zero-order valence-electron chi connectivity index (χ0n) is 10.2. The summed E-state index contributed by atoms with van der Waals surface area (Å²) in [4.78, 5) is 11.9. The van der Waals surface area contributed by atoms with E-state index < -0.39 is 0 Å². The molecule has 0 unspecified atom stereocenters. The second-order valence-electron chi connectivity index (χ2n) is 4.33. The molecule has 0 radical (unpaired) electrons. The van der Waals surface area contributed by atoms with Crippen LogP contribution in [0.3, 0.4) is 0 Å². The Hall–Kier alpha value is -0.730. The highest BCUT2D eigenvalue weighted by Gasteiger charge is 2.13. The molecule has 0 bridgehead atoms. The van der Waals surface area contributed by atoms with Crippen LogP contribution in [0.5, 0.6) is 5.75 Å². The van der Waals surface area contributed by atoms with Crippen LogP contribution in [0.2, 0.25) is 10.0 Å². The number of benzene rings is 1. The molecule has 0 atom stereocenters. The van der Waals surface area contributed by atoms with Crippen LogP contribution in [-0.2, 0) is 0 Å². The fourth-order valence-corrected chi connectivity index (χ4v) is 2.12. The lowest BCUT2D eigenvalue weighted by Crippen LogP contribution is -2.02. The minimum atomic E-state index is 0.0603. The first-order chi connectivity index (χ1) is 7.95. The third-order valence-electron chi connectivity index (χ3n) is 2.47. The zero-order chi connectivity index (χ0) is 13.0. The van der Waals surface area contributed by atoms with Crippen molar-refractivity contribution in [3.63, 3.8) is 0 Å². The van der Waals surface area contributed by atoms with Gasteiger partial charge < -0.3 is 4.74 Å². The number of carbonyl (C=O) groups is 1. The number of Topliss-reactive ketones (excluding diaryl/α,β-unsaturated/α-hetero) is 1. The predicted molar refractivity (Wildman–Crippen MR) is 71.4 cm³/mol. The van der Waals surface area contributed by atoms with Gasteiger partial charge in [-0.05, 0) is 24.5 Å². The SMILES string of the molecule is COc1c(Cl)cc(C(=O)CCC(C)C)cc1Cl. The van der Waals surface area contributed by atoms with E-state index in [0.29, 0.717) is 33.7 Å².